The molecule has 1 aromatic carbocycles. The first kappa shape index (κ1) is 12.3. The van der Waals surface area contributed by atoms with Crippen LogP contribution in [0, 0.1) is 6.92 Å². The van der Waals surface area contributed by atoms with Gasteiger partial charge in [0.15, 0.2) is 0 Å². The number of benzene rings is 1. The Morgan fingerprint density at radius 3 is 2.27 bits per heavy atom. The largest absolute Gasteiger partial charge is 0.328 e. The molecule has 0 heterocycles. The van der Waals surface area contributed by atoms with Crippen molar-refractivity contribution in [1.29, 1.82) is 0 Å². The van der Waals surface area contributed by atoms with Crippen molar-refractivity contribution in [3.05, 3.63) is 35.4 Å². The van der Waals surface area contributed by atoms with Crippen LogP contribution in [0.5, 0.6) is 0 Å². The van der Waals surface area contributed by atoms with E-state index in [1.807, 2.05) is 0 Å². The van der Waals surface area contributed by atoms with Crippen LogP contribution >= 0.6 is 0 Å². The lowest BCUT2D eigenvalue weighted by Gasteiger charge is -2.14. The molecule has 0 fully saturated rings. The van der Waals surface area contributed by atoms with Gasteiger partial charge in [-0.2, -0.15) is 0 Å². The Kier molecular flexibility index (Phi) is 4.83. The topological polar surface area (TPSA) is 26.0 Å². The quantitative estimate of drug-likeness (QED) is 0.780. The van der Waals surface area contributed by atoms with Gasteiger partial charge in [0.25, 0.3) is 0 Å². The molecule has 1 rings (SSSR count). The highest BCUT2D eigenvalue weighted by Crippen LogP contribution is 2.21. The molecule has 2 N–H and O–H groups in total. The van der Waals surface area contributed by atoms with Crippen LogP contribution in [0.25, 0.3) is 0 Å². The molecule has 0 radical (unpaired) electrons. The third kappa shape index (κ3) is 4.05. The Morgan fingerprint density at radius 2 is 1.73 bits per heavy atom. The van der Waals surface area contributed by atoms with E-state index >= 15 is 0 Å². The van der Waals surface area contributed by atoms with Crippen LogP contribution in [0.3, 0.4) is 0 Å². The van der Waals surface area contributed by atoms with E-state index in [0.717, 1.165) is 12.8 Å². The Bertz CT molecular complexity index is 276. The molecule has 0 aliphatic carbocycles. The molecule has 0 aliphatic rings. The molecule has 1 aromatic rings. The first-order valence-corrected chi connectivity index (χ1v) is 5.95. The fourth-order valence-electron chi connectivity index (χ4n) is 1.73. The minimum Gasteiger partial charge on any atom is -0.328 e. The summed E-state index contributed by atoms with van der Waals surface area (Å²) in [6.45, 7) is 6.57. The van der Waals surface area contributed by atoms with Gasteiger partial charge in [0, 0.05) is 6.04 Å². The number of nitrogens with two attached hydrogens (primary N) is 1. The van der Waals surface area contributed by atoms with E-state index in [-0.39, 0.29) is 0 Å². The highest BCUT2D eigenvalue weighted by molar-refractivity contribution is 5.23. The summed E-state index contributed by atoms with van der Waals surface area (Å²) in [6.07, 6.45) is 3.41. The van der Waals surface area contributed by atoms with E-state index in [1.54, 1.807) is 0 Å². The van der Waals surface area contributed by atoms with Gasteiger partial charge in [-0.05, 0) is 37.7 Å². The Balaban J connectivity index is 2.46. The van der Waals surface area contributed by atoms with Gasteiger partial charge in [-0.3, -0.25) is 0 Å². The summed E-state index contributed by atoms with van der Waals surface area (Å²) < 4.78 is 0. The average molecular weight is 205 g/mol. The highest BCUT2D eigenvalue weighted by atomic mass is 14.6. The minimum atomic E-state index is 0.373. The van der Waals surface area contributed by atoms with Crippen molar-refractivity contribution in [3.8, 4) is 0 Å². The van der Waals surface area contributed by atoms with Gasteiger partial charge >= 0.3 is 0 Å². The van der Waals surface area contributed by atoms with Gasteiger partial charge < -0.3 is 5.73 Å². The molecule has 0 saturated carbocycles. The lowest BCUT2D eigenvalue weighted by Crippen LogP contribution is -2.18. The van der Waals surface area contributed by atoms with Crippen LogP contribution < -0.4 is 5.73 Å². The predicted molar refractivity (Wildman–Crippen MR) is 67.1 cm³/mol. The van der Waals surface area contributed by atoms with Crippen LogP contribution in [0.1, 0.15) is 50.2 Å². The molecule has 0 amide bonds. The zero-order chi connectivity index (χ0) is 11.3. The van der Waals surface area contributed by atoms with Crippen molar-refractivity contribution < 1.29 is 0 Å². The number of rotatable bonds is 5. The number of hydrogen-bond donors (Lipinski definition) is 1. The van der Waals surface area contributed by atoms with Crippen molar-refractivity contribution in [2.45, 2.75) is 52.0 Å². The average Bonchev–Trinajstić information content (AvgIpc) is 2.26. The van der Waals surface area contributed by atoms with Crippen molar-refractivity contribution >= 4 is 0 Å². The van der Waals surface area contributed by atoms with Crippen LogP contribution in [0.15, 0.2) is 24.3 Å². The SMILES string of the molecule is CCC(N)CCC(C)c1ccc(C)cc1. The van der Waals surface area contributed by atoms with Gasteiger partial charge in [0.1, 0.15) is 0 Å². The normalized spacial score (nSPS) is 14.9. The molecule has 2 unspecified atom stereocenters. The molecule has 0 aromatic heterocycles. The van der Waals surface area contributed by atoms with E-state index in [2.05, 4.69) is 45.0 Å². The standard InChI is InChI=1S/C14H23N/c1-4-14(15)10-7-12(3)13-8-5-11(2)6-9-13/h5-6,8-9,12,14H,4,7,10,15H2,1-3H3. The predicted octanol–water partition coefficient (Wildman–Crippen LogP) is 3.62. The van der Waals surface area contributed by atoms with Crippen molar-refractivity contribution in [2.75, 3.05) is 0 Å². The lowest BCUT2D eigenvalue weighted by molar-refractivity contribution is 0.530. The molecule has 2 atom stereocenters. The zero-order valence-electron chi connectivity index (χ0n) is 10.2. The van der Waals surface area contributed by atoms with E-state index < -0.39 is 0 Å². The van der Waals surface area contributed by atoms with Gasteiger partial charge in [0.2, 0.25) is 0 Å². The molecule has 0 saturated heterocycles. The van der Waals surface area contributed by atoms with Crippen LogP contribution in [-0.2, 0) is 0 Å². The molecule has 1 heteroatoms. The Labute approximate surface area is 93.7 Å². The maximum Gasteiger partial charge on any atom is 0.00364 e. The molecule has 0 aliphatic heterocycles. The molecule has 1 nitrogen and oxygen atoms in total. The third-order valence-electron chi connectivity index (χ3n) is 3.14. The summed E-state index contributed by atoms with van der Waals surface area (Å²) in [5.41, 5.74) is 8.69. The van der Waals surface area contributed by atoms with Gasteiger partial charge in [0.05, 0.1) is 0 Å². The fourth-order valence-corrected chi connectivity index (χ4v) is 1.73. The molecule has 15 heavy (non-hydrogen) atoms. The van der Waals surface area contributed by atoms with E-state index in [0.29, 0.717) is 12.0 Å². The van der Waals surface area contributed by atoms with Gasteiger partial charge in [-0.15, -0.1) is 0 Å². The molecular weight excluding hydrogens is 182 g/mol. The summed E-state index contributed by atoms with van der Waals surface area (Å²) in [5, 5.41) is 0. The summed E-state index contributed by atoms with van der Waals surface area (Å²) in [5.74, 6) is 0.628. The summed E-state index contributed by atoms with van der Waals surface area (Å²) in [4.78, 5) is 0. The molecule has 84 valence electrons. The van der Waals surface area contributed by atoms with Crippen molar-refractivity contribution in [1.82, 2.24) is 0 Å². The van der Waals surface area contributed by atoms with E-state index in [4.69, 9.17) is 5.73 Å². The van der Waals surface area contributed by atoms with E-state index in [9.17, 15) is 0 Å². The van der Waals surface area contributed by atoms with Gasteiger partial charge in [-0.1, -0.05) is 43.7 Å². The maximum atomic E-state index is 5.92. The first-order valence-electron chi connectivity index (χ1n) is 5.95. The lowest BCUT2D eigenvalue weighted by atomic mass is 9.93. The smallest absolute Gasteiger partial charge is 0.00364 e. The second kappa shape index (κ2) is 5.92. The third-order valence-corrected chi connectivity index (χ3v) is 3.14. The number of hydrogen-bond acceptors (Lipinski definition) is 1. The second-order valence-electron chi connectivity index (χ2n) is 4.56. The Morgan fingerprint density at radius 1 is 1.13 bits per heavy atom. The molecular formula is C14H23N. The maximum absolute atomic E-state index is 5.92. The van der Waals surface area contributed by atoms with Gasteiger partial charge in [-0.25, -0.2) is 0 Å². The van der Waals surface area contributed by atoms with Crippen molar-refractivity contribution in [2.24, 2.45) is 5.73 Å². The molecule has 0 bridgehead atoms. The van der Waals surface area contributed by atoms with Crippen LogP contribution in [0.4, 0.5) is 0 Å². The number of aryl methyl sites for hydroxylation is 1. The second-order valence-corrected chi connectivity index (χ2v) is 4.56. The molecule has 0 spiro atoms. The summed E-state index contributed by atoms with van der Waals surface area (Å²) in [6, 6.07) is 9.21. The Hall–Kier alpha value is -0.820. The van der Waals surface area contributed by atoms with Crippen LogP contribution in [0.2, 0.25) is 0 Å². The minimum absolute atomic E-state index is 0.373. The first-order chi connectivity index (χ1) is 7.13. The summed E-state index contributed by atoms with van der Waals surface area (Å²) in [7, 11) is 0. The fraction of sp³-hybridized carbons (Fsp3) is 0.571. The van der Waals surface area contributed by atoms with Crippen LogP contribution in [-0.4, -0.2) is 6.04 Å². The highest BCUT2D eigenvalue weighted by Gasteiger charge is 2.07. The van der Waals surface area contributed by atoms with E-state index in [1.165, 1.54) is 17.5 Å². The zero-order valence-corrected chi connectivity index (χ0v) is 10.2. The van der Waals surface area contributed by atoms with Crippen molar-refractivity contribution in [3.63, 3.8) is 0 Å². The summed E-state index contributed by atoms with van der Waals surface area (Å²) >= 11 is 0. The monoisotopic (exact) mass is 205 g/mol.